The molecule has 6 nitrogen and oxygen atoms in total. The number of aryl methyl sites for hydroxylation is 1. The molecule has 0 aliphatic carbocycles. The second-order valence-electron chi connectivity index (χ2n) is 5.62. The van der Waals surface area contributed by atoms with Crippen LogP contribution in [0, 0.1) is 6.92 Å². The predicted molar refractivity (Wildman–Crippen MR) is 92.2 cm³/mol. The minimum Gasteiger partial charge on any atom is -0.502 e. The second-order valence-corrected chi connectivity index (χ2v) is 7.24. The molecule has 1 N–H and O–H groups in total. The van der Waals surface area contributed by atoms with Crippen LogP contribution >= 0.6 is 0 Å². The van der Waals surface area contributed by atoms with E-state index in [0.29, 0.717) is 11.1 Å². The summed E-state index contributed by atoms with van der Waals surface area (Å²) in [4.78, 5) is 12.0. The molecule has 0 aliphatic rings. The normalized spacial score (nSPS) is 11.7. The molecule has 0 amide bonds. The average Bonchev–Trinajstić information content (AvgIpc) is 2.59. The molecule has 0 spiro atoms. The van der Waals surface area contributed by atoms with Gasteiger partial charge in [-0.05, 0) is 43.2 Å². The maximum Gasteiger partial charge on any atom is 0.296 e. The van der Waals surface area contributed by atoms with Gasteiger partial charge >= 0.3 is 0 Å². The van der Waals surface area contributed by atoms with Crippen LogP contribution < -0.4 is 5.43 Å². The van der Waals surface area contributed by atoms with Crippen LogP contribution in [0.2, 0.25) is 0 Å². The van der Waals surface area contributed by atoms with E-state index in [1.54, 1.807) is 30.3 Å². The number of aromatic hydroxyl groups is 1. The van der Waals surface area contributed by atoms with Crippen molar-refractivity contribution in [1.29, 1.82) is 0 Å². The van der Waals surface area contributed by atoms with E-state index in [0.717, 1.165) is 11.8 Å². The smallest absolute Gasteiger partial charge is 0.296 e. The first kappa shape index (κ1) is 17.2. The maximum atomic E-state index is 12.1. The molecular weight excluding hydrogens is 344 g/mol. The lowest BCUT2D eigenvalue weighted by atomic mass is 10.1. The summed E-state index contributed by atoms with van der Waals surface area (Å²) in [5, 5.41) is 9.66. The SMILES string of the molecule is Cc1ccc(S(=O)(=O)OCCc2ccc3occ(O)c(=O)c3c2)cc1. The van der Waals surface area contributed by atoms with Gasteiger partial charge in [0.15, 0.2) is 5.75 Å². The first-order valence-corrected chi connectivity index (χ1v) is 8.97. The molecule has 0 saturated heterocycles. The van der Waals surface area contributed by atoms with E-state index >= 15 is 0 Å². The van der Waals surface area contributed by atoms with Crippen LogP contribution in [0.3, 0.4) is 0 Å². The Morgan fingerprint density at radius 1 is 1.12 bits per heavy atom. The van der Waals surface area contributed by atoms with Gasteiger partial charge in [-0.1, -0.05) is 23.8 Å². The van der Waals surface area contributed by atoms with Crippen molar-refractivity contribution in [2.45, 2.75) is 18.2 Å². The summed E-state index contributed by atoms with van der Waals surface area (Å²) < 4.78 is 34.4. The van der Waals surface area contributed by atoms with Gasteiger partial charge in [-0.2, -0.15) is 8.42 Å². The van der Waals surface area contributed by atoms with Gasteiger partial charge in [-0.15, -0.1) is 0 Å². The Balaban J connectivity index is 1.73. The average molecular weight is 360 g/mol. The summed E-state index contributed by atoms with van der Waals surface area (Å²) in [7, 11) is -3.82. The molecule has 0 radical (unpaired) electrons. The fraction of sp³-hybridized carbons (Fsp3) is 0.167. The summed E-state index contributed by atoms with van der Waals surface area (Å²) in [5.41, 5.74) is 1.47. The summed E-state index contributed by atoms with van der Waals surface area (Å²) in [5.74, 6) is -0.470. The highest BCUT2D eigenvalue weighted by Crippen LogP contribution is 2.17. The van der Waals surface area contributed by atoms with Gasteiger partial charge in [0.05, 0.1) is 16.9 Å². The minimum absolute atomic E-state index is 0.0636. The fourth-order valence-corrected chi connectivity index (χ4v) is 3.27. The van der Waals surface area contributed by atoms with Crippen molar-refractivity contribution in [1.82, 2.24) is 0 Å². The Hall–Kier alpha value is -2.64. The van der Waals surface area contributed by atoms with Gasteiger partial charge in [0, 0.05) is 0 Å². The molecule has 25 heavy (non-hydrogen) atoms. The maximum absolute atomic E-state index is 12.1. The standard InChI is InChI=1S/C18H16O6S/c1-12-2-5-14(6-3-12)25(21,22)24-9-8-13-4-7-17-15(10-13)18(20)16(19)11-23-17/h2-7,10-11,19H,8-9H2,1H3. The van der Waals surface area contributed by atoms with E-state index in [4.69, 9.17) is 8.60 Å². The summed E-state index contributed by atoms with van der Waals surface area (Å²) >= 11 is 0. The second kappa shape index (κ2) is 6.70. The minimum atomic E-state index is -3.82. The number of fused-ring (bicyclic) bond motifs is 1. The fourth-order valence-electron chi connectivity index (χ4n) is 2.37. The molecule has 7 heteroatoms. The summed E-state index contributed by atoms with van der Waals surface area (Å²) in [6, 6.07) is 11.3. The number of hydrogen-bond donors (Lipinski definition) is 1. The molecule has 2 aromatic carbocycles. The molecule has 0 fully saturated rings. The van der Waals surface area contributed by atoms with E-state index in [1.807, 2.05) is 6.92 Å². The van der Waals surface area contributed by atoms with Crippen LogP contribution in [0.15, 0.2) is 62.8 Å². The zero-order valence-corrected chi connectivity index (χ0v) is 14.2. The lowest BCUT2D eigenvalue weighted by Gasteiger charge is -2.07. The van der Waals surface area contributed by atoms with E-state index in [1.165, 1.54) is 12.1 Å². The zero-order chi connectivity index (χ0) is 18.0. The van der Waals surface area contributed by atoms with Crippen LogP contribution in [0.1, 0.15) is 11.1 Å². The lowest BCUT2D eigenvalue weighted by molar-refractivity contribution is 0.322. The molecule has 1 aromatic heterocycles. The Labute approximate surface area is 144 Å². The Kier molecular flexibility index (Phi) is 4.61. The number of benzene rings is 2. The largest absolute Gasteiger partial charge is 0.502 e. The van der Waals surface area contributed by atoms with Crippen molar-refractivity contribution in [2.75, 3.05) is 6.61 Å². The highest BCUT2D eigenvalue weighted by Gasteiger charge is 2.15. The van der Waals surface area contributed by atoms with Crippen LogP contribution in [0.5, 0.6) is 5.75 Å². The van der Waals surface area contributed by atoms with Crippen molar-refractivity contribution in [3.05, 3.63) is 70.1 Å². The van der Waals surface area contributed by atoms with Gasteiger partial charge in [-0.25, -0.2) is 0 Å². The van der Waals surface area contributed by atoms with Crippen LogP contribution in [-0.2, 0) is 20.7 Å². The highest BCUT2D eigenvalue weighted by molar-refractivity contribution is 7.86. The zero-order valence-electron chi connectivity index (χ0n) is 13.4. The van der Waals surface area contributed by atoms with Gasteiger partial charge in [0.2, 0.25) is 5.43 Å². The van der Waals surface area contributed by atoms with Gasteiger partial charge < -0.3 is 9.52 Å². The van der Waals surface area contributed by atoms with Crippen molar-refractivity contribution < 1.29 is 22.1 Å². The Morgan fingerprint density at radius 3 is 2.56 bits per heavy atom. The molecule has 130 valence electrons. The third kappa shape index (κ3) is 3.72. The van der Waals surface area contributed by atoms with Crippen LogP contribution in [0.25, 0.3) is 11.0 Å². The van der Waals surface area contributed by atoms with Crippen LogP contribution in [-0.4, -0.2) is 20.1 Å². The predicted octanol–water partition coefficient (Wildman–Crippen LogP) is 2.76. The highest BCUT2D eigenvalue weighted by atomic mass is 32.2. The van der Waals surface area contributed by atoms with E-state index in [9.17, 15) is 18.3 Å². The van der Waals surface area contributed by atoms with Crippen molar-refractivity contribution in [2.24, 2.45) is 0 Å². The molecule has 0 atom stereocenters. The van der Waals surface area contributed by atoms with Crippen molar-refractivity contribution in [3.63, 3.8) is 0 Å². The molecule has 0 bridgehead atoms. The molecule has 1 heterocycles. The van der Waals surface area contributed by atoms with Crippen molar-refractivity contribution >= 4 is 21.1 Å². The van der Waals surface area contributed by atoms with Crippen LogP contribution in [0.4, 0.5) is 0 Å². The molecule has 0 saturated carbocycles. The van der Waals surface area contributed by atoms with Gasteiger partial charge in [0.1, 0.15) is 11.8 Å². The molecular formula is C18H16O6S. The van der Waals surface area contributed by atoms with E-state index in [2.05, 4.69) is 0 Å². The third-order valence-corrected chi connectivity index (χ3v) is 5.08. The molecule has 0 aliphatic heterocycles. The first-order valence-electron chi connectivity index (χ1n) is 7.56. The first-order chi connectivity index (χ1) is 11.9. The van der Waals surface area contributed by atoms with Gasteiger partial charge in [0.25, 0.3) is 10.1 Å². The summed E-state index contributed by atoms with van der Waals surface area (Å²) in [6.45, 7) is 1.80. The third-order valence-electron chi connectivity index (χ3n) is 3.76. The monoisotopic (exact) mass is 360 g/mol. The van der Waals surface area contributed by atoms with E-state index < -0.39 is 21.3 Å². The van der Waals surface area contributed by atoms with Gasteiger partial charge in [-0.3, -0.25) is 8.98 Å². The summed E-state index contributed by atoms with van der Waals surface area (Å²) in [6.07, 6.45) is 1.28. The lowest BCUT2D eigenvalue weighted by Crippen LogP contribution is -2.09. The van der Waals surface area contributed by atoms with Crippen molar-refractivity contribution in [3.8, 4) is 5.75 Å². The Morgan fingerprint density at radius 2 is 1.84 bits per heavy atom. The van der Waals surface area contributed by atoms with E-state index in [-0.39, 0.29) is 23.3 Å². The molecule has 3 rings (SSSR count). The number of hydrogen-bond acceptors (Lipinski definition) is 6. The molecule has 3 aromatic rings. The quantitative estimate of drug-likeness (QED) is 0.703. The number of rotatable bonds is 5. The molecule has 0 unspecified atom stereocenters. The Bertz CT molecular complexity index is 1060. The topological polar surface area (TPSA) is 93.8 Å².